The molecule has 4 heteroatoms. The Labute approximate surface area is 123 Å². The Bertz CT molecular complexity index is 318. The Morgan fingerprint density at radius 2 is 1.70 bits per heavy atom. The van der Waals surface area contributed by atoms with Crippen LogP contribution in [0.1, 0.15) is 46.0 Å². The van der Waals surface area contributed by atoms with Gasteiger partial charge in [-0.15, -0.1) is 0 Å². The van der Waals surface area contributed by atoms with Crippen molar-refractivity contribution in [2.45, 2.75) is 51.5 Å². The molecule has 3 rings (SSSR count). The fraction of sp³-hybridized carbons (Fsp3) is 0.938. The Morgan fingerprint density at radius 1 is 1.10 bits per heavy atom. The normalized spacial score (nSPS) is 29.4. The van der Waals surface area contributed by atoms with Gasteiger partial charge in [-0.2, -0.15) is 0 Å². The third-order valence-corrected chi connectivity index (χ3v) is 5.09. The van der Waals surface area contributed by atoms with Crippen LogP contribution in [0.2, 0.25) is 0 Å². The van der Waals surface area contributed by atoms with E-state index in [0.717, 1.165) is 39.1 Å². The first-order valence-electron chi connectivity index (χ1n) is 8.41. The minimum Gasteiger partial charge on any atom is -0.340 e. The summed E-state index contributed by atoms with van der Waals surface area (Å²) in [6, 6.07) is 0. The number of amides is 1. The highest BCUT2D eigenvalue weighted by Crippen LogP contribution is 2.39. The van der Waals surface area contributed by atoms with E-state index in [2.05, 4.69) is 22.2 Å². The Balaban J connectivity index is 0.000000704. The summed E-state index contributed by atoms with van der Waals surface area (Å²) in [5.41, 5.74) is 0.326. The van der Waals surface area contributed by atoms with Gasteiger partial charge in [0.2, 0.25) is 5.91 Å². The van der Waals surface area contributed by atoms with Gasteiger partial charge in [0.15, 0.2) is 0 Å². The van der Waals surface area contributed by atoms with Crippen molar-refractivity contribution >= 4 is 5.91 Å². The van der Waals surface area contributed by atoms with Crippen LogP contribution in [0.25, 0.3) is 0 Å². The number of hydrogen-bond acceptors (Lipinski definition) is 3. The summed E-state index contributed by atoms with van der Waals surface area (Å²) >= 11 is 0. The van der Waals surface area contributed by atoms with Crippen molar-refractivity contribution in [1.82, 2.24) is 15.1 Å². The Kier molecular flexibility index (Phi) is 5.44. The number of nitrogens with zero attached hydrogens (tertiary/aromatic N) is 2. The largest absolute Gasteiger partial charge is 0.340 e. The number of hydrogen-bond donors (Lipinski definition) is 1. The van der Waals surface area contributed by atoms with Crippen LogP contribution in [-0.2, 0) is 4.79 Å². The van der Waals surface area contributed by atoms with Crippen molar-refractivity contribution < 1.29 is 4.79 Å². The fourth-order valence-corrected chi connectivity index (χ4v) is 3.85. The second kappa shape index (κ2) is 6.90. The molecule has 1 spiro atoms. The average Bonchev–Trinajstić information content (AvgIpc) is 3.12. The standard InChI is InChI=1S/C14H25N3O.C2H6/c1-16-6-8-17(9-7-16)13(18)12-10-14(15-11-12)4-2-3-5-14;1-2/h12,15H,2-11H2,1H3;1-2H3. The molecule has 1 N–H and O–H groups in total. The van der Waals surface area contributed by atoms with Gasteiger partial charge in [-0.05, 0) is 26.3 Å². The highest BCUT2D eigenvalue weighted by Gasteiger charge is 2.44. The van der Waals surface area contributed by atoms with Crippen LogP contribution < -0.4 is 5.32 Å². The van der Waals surface area contributed by atoms with Crippen LogP contribution in [0.15, 0.2) is 0 Å². The van der Waals surface area contributed by atoms with E-state index < -0.39 is 0 Å². The van der Waals surface area contributed by atoms with E-state index in [1.807, 2.05) is 13.8 Å². The number of carbonyl (C=O) groups is 1. The summed E-state index contributed by atoms with van der Waals surface area (Å²) in [6.45, 7) is 8.79. The fourth-order valence-electron chi connectivity index (χ4n) is 3.85. The first-order valence-corrected chi connectivity index (χ1v) is 8.41. The molecule has 2 heterocycles. The minimum absolute atomic E-state index is 0.242. The van der Waals surface area contributed by atoms with E-state index in [4.69, 9.17) is 0 Å². The van der Waals surface area contributed by atoms with E-state index in [0.29, 0.717) is 11.4 Å². The van der Waals surface area contributed by atoms with Crippen molar-refractivity contribution in [3.05, 3.63) is 0 Å². The van der Waals surface area contributed by atoms with Gasteiger partial charge < -0.3 is 15.1 Å². The molecule has 3 fully saturated rings. The number of nitrogens with one attached hydrogen (secondary N) is 1. The summed E-state index contributed by atoms with van der Waals surface area (Å²) in [5.74, 6) is 0.644. The summed E-state index contributed by atoms with van der Waals surface area (Å²) in [4.78, 5) is 16.9. The zero-order valence-electron chi connectivity index (χ0n) is 13.5. The topological polar surface area (TPSA) is 35.6 Å². The number of carbonyl (C=O) groups excluding carboxylic acids is 1. The molecule has 0 radical (unpaired) electrons. The summed E-state index contributed by atoms with van der Waals surface area (Å²) in [6.07, 6.45) is 6.31. The van der Waals surface area contributed by atoms with E-state index in [9.17, 15) is 4.79 Å². The highest BCUT2D eigenvalue weighted by atomic mass is 16.2. The van der Waals surface area contributed by atoms with Crippen molar-refractivity contribution in [2.24, 2.45) is 5.92 Å². The summed E-state index contributed by atoms with van der Waals surface area (Å²) in [5, 5.41) is 3.65. The molecule has 0 aromatic heterocycles. The smallest absolute Gasteiger partial charge is 0.227 e. The molecule has 1 saturated carbocycles. The average molecular weight is 281 g/mol. The van der Waals surface area contributed by atoms with Gasteiger partial charge in [0.05, 0.1) is 5.92 Å². The van der Waals surface area contributed by atoms with E-state index in [-0.39, 0.29) is 5.92 Å². The monoisotopic (exact) mass is 281 g/mol. The lowest BCUT2D eigenvalue weighted by atomic mass is 9.90. The van der Waals surface area contributed by atoms with Gasteiger partial charge >= 0.3 is 0 Å². The molecular weight excluding hydrogens is 250 g/mol. The molecule has 116 valence electrons. The summed E-state index contributed by atoms with van der Waals surface area (Å²) < 4.78 is 0. The molecule has 1 atom stereocenters. The molecule has 0 aromatic carbocycles. The second-order valence-corrected chi connectivity index (χ2v) is 6.40. The van der Waals surface area contributed by atoms with Gasteiger partial charge in [-0.1, -0.05) is 26.7 Å². The minimum atomic E-state index is 0.242. The van der Waals surface area contributed by atoms with E-state index in [1.165, 1.54) is 25.7 Å². The molecule has 2 saturated heterocycles. The molecule has 4 nitrogen and oxygen atoms in total. The Hall–Kier alpha value is -0.610. The second-order valence-electron chi connectivity index (χ2n) is 6.40. The molecule has 2 aliphatic heterocycles. The van der Waals surface area contributed by atoms with Gasteiger partial charge in [0.25, 0.3) is 0 Å². The van der Waals surface area contributed by atoms with Gasteiger partial charge in [0, 0.05) is 38.3 Å². The predicted octanol–water partition coefficient (Wildman–Crippen LogP) is 1.71. The van der Waals surface area contributed by atoms with Gasteiger partial charge in [-0.3, -0.25) is 4.79 Å². The lowest BCUT2D eigenvalue weighted by molar-refractivity contribution is -0.136. The highest BCUT2D eigenvalue weighted by molar-refractivity contribution is 5.79. The van der Waals surface area contributed by atoms with Crippen LogP contribution >= 0.6 is 0 Å². The molecule has 1 aliphatic carbocycles. The maximum atomic E-state index is 12.5. The Morgan fingerprint density at radius 3 is 2.30 bits per heavy atom. The number of rotatable bonds is 1. The maximum absolute atomic E-state index is 12.5. The van der Waals surface area contributed by atoms with Crippen molar-refractivity contribution in [2.75, 3.05) is 39.8 Å². The van der Waals surface area contributed by atoms with Crippen LogP contribution in [0.4, 0.5) is 0 Å². The third-order valence-electron chi connectivity index (χ3n) is 5.09. The van der Waals surface area contributed by atoms with E-state index >= 15 is 0 Å². The first kappa shape index (κ1) is 15.8. The molecule has 1 unspecified atom stereocenters. The quantitative estimate of drug-likeness (QED) is 0.795. The predicted molar refractivity (Wildman–Crippen MR) is 82.7 cm³/mol. The van der Waals surface area contributed by atoms with Crippen molar-refractivity contribution in [1.29, 1.82) is 0 Å². The molecule has 20 heavy (non-hydrogen) atoms. The molecule has 3 aliphatic rings. The van der Waals surface area contributed by atoms with Crippen LogP contribution in [0.5, 0.6) is 0 Å². The lowest BCUT2D eigenvalue weighted by Crippen LogP contribution is -2.49. The zero-order chi connectivity index (χ0) is 14.6. The van der Waals surface area contributed by atoms with Crippen molar-refractivity contribution in [3.8, 4) is 0 Å². The lowest BCUT2D eigenvalue weighted by Gasteiger charge is -2.34. The first-order chi connectivity index (χ1) is 9.69. The van der Waals surface area contributed by atoms with Crippen molar-refractivity contribution in [3.63, 3.8) is 0 Å². The zero-order valence-corrected chi connectivity index (χ0v) is 13.5. The summed E-state index contributed by atoms with van der Waals surface area (Å²) in [7, 11) is 2.13. The van der Waals surface area contributed by atoms with Crippen LogP contribution in [0.3, 0.4) is 0 Å². The molecular formula is C16H31N3O. The SMILES string of the molecule is CC.CN1CCN(C(=O)C2CNC3(CCCC3)C2)CC1. The number of piperazine rings is 1. The van der Waals surface area contributed by atoms with E-state index in [1.54, 1.807) is 0 Å². The van der Waals surface area contributed by atoms with Gasteiger partial charge in [0.1, 0.15) is 0 Å². The van der Waals surface area contributed by atoms with Crippen LogP contribution in [0, 0.1) is 5.92 Å². The molecule has 0 bridgehead atoms. The number of likely N-dealkylation sites (N-methyl/N-ethyl adjacent to an activating group) is 1. The van der Waals surface area contributed by atoms with Gasteiger partial charge in [-0.25, -0.2) is 0 Å². The third kappa shape index (κ3) is 3.34. The van der Waals surface area contributed by atoms with Crippen LogP contribution in [-0.4, -0.2) is 61.0 Å². The molecule has 0 aromatic rings. The maximum Gasteiger partial charge on any atom is 0.227 e. The molecule has 1 amide bonds.